The molecule has 0 saturated heterocycles. The molecule has 1 aromatic heterocycles. The number of para-hydroxylation sites is 1. The number of nitrogens with one attached hydrogen (secondary N) is 1. The summed E-state index contributed by atoms with van der Waals surface area (Å²) in [6.45, 7) is 7.49. The third-order valence-corrected chi connectivity index (χ3v) is 3.56. The fourth-order valence-electron chi connectivity index (χ4n) is 2.68. The summed E-state index contributed by atoms with van der Waals surface area (Å²) >= 11 is 0. The molecule has 1 aliphatic rings. The predicted molar refractivity (Wildman–Crippen MR) is 78.8 cm³/mol. The van der Waals surface area contributed by atoms with Crippen LogP contribution in [0.1, 0.15) is 50.4 Å². The van der Waals surface area contributed by atoms with E-state index >= 15 is 0 Å². The number of hydrogen-bond donors (Lipinski definition) is 1. The summed E-state index contributed by atoms with van der Waals surface area (Å²) in [7, 11) is 0. The highest BCUT2D eigenvalue weighted by molar-refractivity contribution is 5.56. The Bertz CT molecular complexity index is 598. The van der Waals surface area contributed by atoms with E-state index in [0.717, 1.165) is 31.1 Å². The molecule has 1 aromatic carbocycles. The number of rotatable bonds is 2. The number of aromatic nitrogens is 2. The van der Waals surface area contributed by atoms with Crippen LogP contribution < -0.4 is 5.32 Å². The van der Waals surface area contributed by atoms with Crippen molar-refractivity contribution < 1.29 is 4.52 Å². The Kier molecular flexibility index (Phi) is 3.24. The molecular weight excluding hydrogens is 250 g/mol. The third-order valence-electron chi connectivity index (χ3n) is 3.56. The summed E-state index contributed by atoms with van der Waals surface area (Å²) in [6.07, 6.45) is 1.83. The van der Waals surface area contributed by atoms with E-state index in [-0.39, 0.29) is 11.3 Å². The van der Waals surface area contributed by atoms with Gasteiger partial charge < -0.3 is 9.84 Å². The van der Waals surface area contributed by atoms with E-state index < -0.39 is 0 Å². The molecule has 0 saturated carbocycles. The van der Waals surface area contributed by atoms with Gasteiger partial charge >= 0.3 is 0 Å². The Morgan fingerprint density at radius 1 is 1.30 bits per heavy atom. The number of hydrogen-bond acceptors (Lipinski definition) is 4. The van der Waals surface area contributed by atoms with Crippen LogP contribution in [-0.2, 0) is 6.42 Å². The molecule has 0 radical (unpaired) electrons. The highest BCUT2D eigenvalue weighted by Gasteiger charge is 2.27. The quantitative estimate of drug-likeness (QED) is 0.906. The van der Waals surface area contributed by atoms with Crippen LogP contribution in [0.15, 0.2) is 28.8 Å². The maximum absolute atomic E-state index is 5.52. The predicted octanol–water partition coefficient (Wildman–Crippen LogP) is 3.61. The van der Waals surface area contributed by atoms with Crippen molar-refractivity contribution in [3.8, 4) is 0 Å². The normalized spacial score (nSPS) is 18.4. The fraction of sp³-hybridized carbons (Fsp3) is 0.500. The average molecular weight is 271 g/mol. The average Bonchev–Trinajstić information content (AvgIpc) is 2.84. The van der Waals surface area contributed by atoms with Crippen LogP contribution in [0.5, 0.6) is 0 Å². The van der Waals surface area contributed by atoms with Gasteiger partial charge in [-0.25, -0.2) is 0 Å². The van der Waals surface area contributed by atoms with Gasteiger partial charge in [-0.1, -0.05) is 44.1 Å². The van der Waals surface area contributed by atoms with Crippen LogP contribution in [0, 0.1) is 5.41 Å². The van der Waals surface area contributed by atoms with Crippen molar-refractivity contribution >= 4 is 5.69 Å². The number of fused-ring (bicyclic) bond motifs is 1. The van der Waals surface area contributed by atoms with Gasteiger partial charge in [0.2, 0.25) is 5.89 Å². The minimum absolute atomic E-state index is 0.174. The van der Waals surface area contributed by atoms with Crippen LogP contribution >= 0.6 is 0 Å². The largest absolute Gasteiger partial charge is 0.385 e. The summed E-state index contributed by atoms with van der Waals surface area (Å²) < 4.78 is 5.52. The van der Waals surface area contributed by atoms with Gasteiger partial charge in [0.25, 0.3) is 0 Å². The van der Waals surface area contributed by atoms with Gasteiger partial charge in [0, 0.05) is 18.7 Å². The van der Waals surface area contributed by atoms with E-state index in [1.165, 1.54) is 11.3 Å². The van der Waals surface area contributed by atoms with Gasteiger partial charge in [0.05, 0.1) is 5.92 Å². The van der Waals surface area contributed by atoms with Crippen molar-refractivity contribution in [2.45, 2.75) is 39.5 Å². The molecule has 0 aliphatic carbocycles. The van der Waals surface area contributed by atoms with Gasteiger partial charge in [-0.2, -0.15) is 4.98 Å². The van der Waals surface area contributed by atoms with Gasteiger partial charge in [0.1, 0.15) is 0 Å². The van der Waals surface area contributed by atoms with E-state index in [1.54, 1.807) is 0 Å². The van der Waals surface area contributed by atoms with E-state index in [4.69, 9.17) is 4.52 Å². The Hall–Kier alpha value is -1.84. The lowest BCUT2D eigenvalue weighted by molar-refractivity contribution is 0.344. The molecule has 4 nitrogen and oxygen atoms in total. The third kappa shape index (κ3) is 2.69. The zero-order chi connectivity index (χ0) is 14.2. The van der Waals surface area contributed by atoms with E-state index in [9.17, 15) is 0 Å². The molecule has 2 heterocycles. The minimum Gasteiger partial charge on any atom is -0.385 e. The van der Waals surface area contributed by atoms with E-state index in [0.29, 0.717) is 0 Å². The second kappa shape index (κ2) is 4.93. The first kappa shape index (κ1) is 13.2. The Balaban J connectivity index is 1.88. The standard InChI is InChI=1S/C16H21N3O/c1-16(2,3)10-14-18-15(20-19-14)12-8-9-17-13-7-5-4-6-11(12)13/h4-7,12,17H,8-10H2,1-3H3. The van der Waals surface area contributed by atoms with Crippen molar-refractivity contribution in [2.75, 3.05) is 11.9 Å². The van der Waals surface area contributed by atoms with Crippen LogP contribution in [0.2, 0.25) is 0 Å². The molecule has 1 atom stereocenters. The molecule has 0 spiro atoms. The van der Waals surface area contributed by atoms with Crippen LogP contribution in [0.4, 0.5) is 5.69 Å². The topological polar surface area (TPSA) is 51.0 Å². The highest BCUT2D eigenvalue weighted by atomic mass is 16.5. The zero-order valence-electron chi connectivity index (χ0n) is 12.3. The second-order valence-corrected chi connectivity index (χ2v) is 6.64. The Morgan fingerprint density at radius 2 is 2.10 bits per heavy atom. The summed E-state index contributed by atoms with van der Waals surface area (Å²) in [6, 6.07) is 8.35. The van der Waals surface area contributed by atoms with E-state index in [1.807, 2.05) is 6.07 Å². The van der Waals surface area contributed by atoms with Crippen molar-refractivity contribution in [2.24, 2.45) is 5.41 Å². The number of benzene rings is 1. The molecule has 3 rings (SSSR count). The zero-order valence-corrected chi connectivity index (χ0v) is 12.3. The maximum atomic E-state index is 5.52. The second-order valence-electron chi connectivity index (χ2n) is 6.64. The smallest absolute Gasteiger partial charge is 0.234 e. The van der Waals surface area contributed by atoms with Crippen molar-refractivity contribution in [3.63, 3.8) is 0 Å². The summed E-state index contributed by atoms with van der Waals surface area (Å²) in [4.78, 5) is 4.61. The van der Waals surface area contributed by atoms with Crippen molar-refractivity contribution in [1.82, 2.24) is 10.1 Å². The summed E-state index contributed by atoms with van der Waals surface area (Å²) in [5, 5.41) is 7.56. The maximum Gasteiger partial charge on any atom is 0.234 e. The molecule has 0 fully saturated rings. The first-order valence-corrected chi connectivity index (χ1v) is 7.18. The van der Waals surface area contributed by atoms with Crippen LogP contribution in [0.3, 0.4) is 0 Å². The lowest BCUT2D eigenvalue weighted by Gasteiger charge is -2.23. The summed E-state index contributed by atoms with van der Waals surface area (Å²) in [5.74, 6) is 1.77. The monoisotopic (exact) mass is 271 g/mol. The van der Waals surface area contributed by atoms with Gasteiger partial charge in [0.15, 0.2) is 5.82 Å². The number of anilines is 1. The molecule has 0 bridgehead atoms. The molecule has 106 valence electrons. The lowest BCUT2D eigenvalue weighted by atomic mass is 9.90. The van der Waals surface area contributed by atoms with E-state index in [2.05, 4.69) is 54.4 Å². The van der Waals surface area contributed by atoms with Crippen LogP contribution in [-0.4, -0.2) is 16.7 Å². The summed E-state index contributed by atoms with van der Waals surface area (Å²) in [5.41, 5.74) is 2.61. The fourth-order valence-corrected chi connectivity index (χ4v) is 2.68. The SMILES string of the molecule is CC(C)(C)Cc1noc(C2CCNc3ccccc32)n1. The molecule has 1 N–H and O–H groups in total. The molecule has 0 amide bonds. The van der Waals surface area contributed by atoms with Crippen molar-refractivity contribution in [3.05, 3.63) is 41.5 Å². The molecular formula is C16H21N3O. The van der Waals surface area contributed by atoms with Crippen molar-refractivity contribution in [1.29, 1.82) is 0 Å². The number of nitrogens with zero attached hydrogens (tertiary/aromatic N) is 2. The molecule has 2 aromatic rings. The lowest BCUT2D eigenvalue weighted by Crippen LogP contribution is -2.18. The molecule has 20 heavy (non-hydrogen) atoms. The minimum atomic E-state index is 0.174. The molecule has 4 heteroatoms. The Labute approximate surface area is 119 Å². The highest BCUT2D eigenvalue weighted by Crippen LogP contribution is 2.35. The first-order chi connectivity index (χ1) is 9.53. The molecule has 1 aliphatic heterocycles. The first-order valence-electron chi connectivity index (χ1n) is 7.18. The van der Waals surface area contributed by atoms with Gasteiger partial charge in [-0.15, -0.1) is 0 Å². The Morgan fingerprint density at radius 3 is 2.90 bits per heavy atom. The van der Waals surface area contributed by atoms with Gasteiger partial charge in [-0.05, 0) is 23.5 Å². The van der Waals surface area contributed by atoms with Crippen LogP contribution in [0.25, 0.3) is 0 Å². The molecule has 1 unspecified atom stereocenters. The van der Waals surface area contributed by atoms with Gasteiger partial charge in [-0.3, -0.25) is 0 Å².